The molecule has 6 heteroatoms. The first-order valence-electron chi connectivity index (χ1n) is 3.81. The van der Waals surface area contributed by atoms with Crippen LogP contribution < -0.4 is 5.73 Å². The Bertz CT molecular complexity index is 435. The Morgan fingerprint density at radius 2 is 2.31 bits per heavy atom. The molecule has 5 nitrogen and oxygen atoms in total. The first-order valence-corrected chi connectivity index (χ1v) is 4.60. The molecule has 0 saturated carbocycles. The van der Waals surface area contributed by atoms with E-state index in [0.717, 1.165) is 5.82 Å². The lowest BCUT2D eigenvalue weighted by atomic mass is 10.3. The highest BCUT2D eigenvalue weighted by molar-refractivity contribution is 9.10. The third-order valence-corrected chi connectivity index (χ3v) is 2.28. The van der Waals surface area contributed by atoms with Gasteiger partial charge < -0.3 is 5.73 Å². The van der Waals surface area contributed by atoms with Crippen molar-refractivity contribution in [1.29, 1.82) is 0 Å². The van der Waals surface area contributed by atoms with E-state index in [9.17, 15) is 0 Å². The zero-order chi connectivity index (χ0) is 9.42. The average molecular weight is 242 g/mol. The highest BCUT2D eigenvalue weighted by Crippen LogP contribution is 2.15. The molecule has 0 amide bonds. The largest absolute Gasteiger partial charge is 0.322 e. The summed E-state index contributed by atoms with van der Waals surface area (Å²) in [6.45, 7) is 1.87. The van der Waals surface area contributed by atoms with Gasteiger partial charge in [0.1, 0.15) is 0 Å². The Hall–Kier alpha value is -1.01. The molecule has 2 heterocycles. The van der Waals surface area contributed by atoms with Gasteiger partial charge in [-0.15, -0.1) is 10.2 Å². The Balaban J connectivity index is 2.75. The fourth-order valence-corrected chi connectivity index (χ4v) is 1.51. The number of nitrogens with zero attached hydrogens (tertiary/aromatic N) is 4. The molecule has 0 aliphatic carbocycles. The van der Waals surface area contributed by atoms with Gasteiger partial charge in [0.25, 0.3) is 0 Å². The minimum Gasteiger partial charge on any atom is -0.322 e. The molecule has 0 aliphatic rings. The SMILES string of the molecule is CC(N)c1nnc2c(Br)nccn12. The predicted octanol–water partition coefficient (Wildman–Crippen LogP) is 0.907. The van der Waals surface area contributed by atoms with Gasteiger partial charge in [-0.1, -0.05) is 0 Å². The van der Waals surface area contributed by atoms with Crippen molar-refractivity contribution in [2.75, 3.05) is 0 Å². The van der Waals surface area contributed by atoms with Crippen LogP contribution in [0.4, 0.5) is 0 Å². The van der Waals surface area contributed by atoms with E-state index >= 15 is 0 Å². The van der Waals surface area contributed by atoms with Crippen molar-refractivity contribution in [2.24, 2.45) is 5.73 Å². The summed E-state index contributed by atoms with van der Waals surface area (Å²) in [4.78, 5) is 4.03. The molecule has 1 unspecified atom stereocenters. The minimum atomic E-state index is -0.135. The zero-order valence-corrected chi connectivity index (χ0v) is 8.56. The third kappa shape index (κ3) is 1.31. The van der Waals surface area contributed by atoms with Gasteiger partial charge in [0.15, 0.2) is 16.1 Å². The fraction of sp³-hybridized carbons (Fsp3) is 0.286. The fourth-order valence-electron chi connectivity index (χ4n) is 1.12. The van der Waals surface area contributed by atoms with Gasteiger partial charge in [-0.25, -0.2) is 4.98 Å². The van der Waals surface area contributed by atoms with E-state index in [2.05, 4.69) is 31.1 Å². The molecular weight excluding hydrogens is 234 g/mol. The first kappa shape index (κ1) is 8.58. The van der Waals surface area contributed by atoms with Crippen LogP contribution in [0, 0.1) is 0 Å². The van der Waals surface area contributed by atoms with E-state index in [1.807, 2.05) is 11.3 Å². The number of hydrogen-bond acceptors (Lipinski definition) is 4. The molecule has 2 aromatic heterocycles. The zero-order valence-electron chi connectivity index (χ0n) is 6.98. The smallest absolute Gasteiger partial charge is 0.194 e. The van der Waals surface area contributed by atoms with E-state index < -0.39 is 0 Å². The molecule has 13 heavy (non-hydrogen) atoms. The maximum absolute atomic E-state index is 5.72. The predicted molar refractivity (Wildman–Crippen MR) is 51.1 cm³/mol. The van der Waals surface area contributed by atoms with Crippen molar-refractivity contribution in [3.63, 3.8) is 0 Å². The van der Waals surface area contributed by atoms with Gasteiger partial charge in [0, 0.05) is 12.4 Å². The molecule has 0 aliphatic heterocycles. The van der Waals surface area contributed by atoms with Crippen LogP contribution in [-0.4, -0.2) is 19.6 Å². The summed E-state index contributed by atoms with van der Waals surface area (Å²) in [7, 11) is 0. The Kier molecular flexibility index (Phi) is 2.01. The van der Waals surface area contributed by atoms with Gasteiger partial charge in [-0.3, -0.25) is 4.40 Å². The van der Waals surface area contributed by atoms with Crippen LogP contribution >= 0.6 is 15.9 Å². The molecule has 2 aromatic rings. The normalized spacial score (nSPS) is 13.5. The second-order valence-electron chi connectivity index (χ2n) is 2.76. The van der Waals surface area contributed by atoms with Crippen LogP contribution in [0.15, 0.2) is 17.0 Å². The molecule has 0 fully saturated rings. The molecule has 0 radical (unpaired) electrons. The van der Waals surface area contributed by atoms with Crippen molar-refractivity contribution >= 4 is 21.6 Å². The maximum atomic E-state index is 5.72. The summed E-state index contributed by atoms with van der Waals surface area (Å²) in [6, 6.07) is -0.135. The lowest BCUT2D eigenvalue weighted by Crippen LogP contribution is -2.09. The van der Waals surface area contributed by atoms with Crippen LogP contribution in [0.1, 0.15) is 18.8 Å². The number of nitrogens with two attached hydrogens (primary N) is 1. The quantitative estimate of drug-likeness (QED) is 0.806. The summed E-state index contributed by atoms with van der Waals surface area (Å²) >= 11 is 3.28. The summed E-state index contributed by atoms with van der Waals surface area (Å²) in [5, 5.41) is 7.94. The molecule has 0 spiro atoms. The van der Waals surface area contributed by atoms with Crippen LogP contribution in [0.25, 0.3) is 5.65 Å². The second kappa shape index (κ2) is 3.04. The number of aromatic nitrogens is 4. The molecule has 0 aromatic carbocycles. The topological polar surface area (TPSA) is 69.1 Å². The number of hydrogen-bond donors (Lipinski definition) is 1. The number of rotatable bonds is 1. The molecule has 68 valence electrons. The van der Waals surface area contributed by atoms with Crippen molar-refractivity contribution < 1.29 is 0 Å². The maximum Gasteiger partial charge on any atom is 0.194 e. The van der Waals surface area contributed by atoms with Crippen LogP contribution in [-0.2, 0) is 0 Å². The minimum absolute atomic E-state index is 0.135. The highest BCUT2D eigenvalue weighted by atomic mass is 79.9. The van der Waals surface area contributed by atoms with Gasteiger partial charge in [0.05, 0.1) is 6.04 Å². The number of fused-ring (bicyclic) bond motifs is 1. The average Bonchev–Trinajstić information content (AvgIpc) is 2.48. The summed E-state index contributed by atoms with van der Waals surface area (Å²) in [6.07, 6.45) is 3.46. The lowest BCUT2D eigenvalue weighted by molar-refractivity contribution is 0.725. The van der Waals surface area contributed by atoms with Crippen LogP contribution in [0.2, 0.25) is 0 Å². The van der Waals surface area contributed by atoms with Crippen molar-refractivity contribution in [1.82, 2.24) is 19.6 Å². The molecular formula is C7H8BrN5. The van der Waals surface area contributed by atoms with Crippen molar-refractivity contribution in [2.45, 2.75) is 13.0 Å². The van der Waals surface area contributed by atoms with Gasteiger partial charge in [-0.05, 0) is 22.9 Å². The standard InChI is InChI=1S/C7H8BrN5/c1-4(9)6-11-12-7-5(8)10-2-3-13(6)7/h2-4H,9H2,1H3. The number of halogens is 1. The van der Waals surface area contributed by atoms with E-state index in [1.54, 1.807) is 12.4 Å². The summed E-state index contributed by atoms with van der Waals surface area (Å²) in [5.41, 5.74) is 6.40. The molecule has 0 saturated heterocycles. The van der Waals surface area contributed by atoms with E-state index in [4.69, 9.17) is 5.73 Å². The van der Waals surface area contributed by atoms with Gasteiger partial charge in [-0.2, -0.15) is 0 Å². The highest BCUT2D eigenvalue weighted by Gasteiger charge is 2.10. The summed E-state index contributed by atoms with van der Waals surface area (Å²) in [5.74, 6) is 0.734. The van der Waals surface area contributed by atoms with Crippen LogP contribution in [0.5, 0.6) is 0 Å². The Labute approximate surface area is 83.1 Å². The lowest BCUT2D eigenvalue weighted by Gasteiger charge is -2.01. The molecule has 1 atom stereocenters. The Morgan fingerprint density at radius 1 is 1.54 bits per heavy atom. The van der Waals surface area contributed by atoms with Crippen molar-refractivity contribution in [3.8, 4) is 0 Å². The van der Waals surface area contributed by atoms with Gasteiger partial charge in [0.2, 0.25) is 0 Å². The monoisotopic (exact) mass is 241 g/mol. The van der Waals surface area contributed by atoms with Crippen molar-refractivity contribution in [3.05, 3.63) is 22.8 Å². The van der Waals surface area contributed by atoms with E-state index in [-0.39, 0.29) is 6.04 Å². The second-order valence-corrected chi connectivity index (χ2v) is 3.51. The molecule has 0 bridgehead atoms. The van der Waals surface area contributed by atoms with Gasteiger partial charge >= 0.3 is 0 Å². The third-order valence-electron chi connectivity index (χ3n) is 1.72. The van der Waals surface area contributed by atoms with Crippen LogP contribution in [0.3, 0.4) is 0 Å². The summed E-state index contributed by atoms with van der Waals surface area (Å²) < 4.78 is 2.50. The van der Waals surface area contributed by atoms with E-state index in [1.165, 1.54) is 0 Å². The van der Waals surface area contributed by atoms with E-state index in [0.29, 0.717) is 10.3 Å². The Morgan fingerprint density at radius 3 is 3.00 bits per heavy atom. The first-order chi connectivity index (χ1) is 6.20. The molecule has 2 N–H and O–H groups in total. The molecule has 2 rings (SSSR count).